The van der Waals surface area contributed by atoms with E-state index in [-0.39, 0.29) is 11.4 Å². The van der Waals surface area contributed by atoms with E-state index < -0.39 is 11.6 Å². The van der Waals surface area contributed by atoms with Gasteiger partial charge in [0, 0.05) is 20.1 Å². The zero-order valence-electron chi connectivity index (χ0n) is 11.6. The Morgan fingerprint density at radius 1 is 1.10 bits per heavy atom. The van der Waals surface area contributed by atoms with E-state index in [2.05, 4.69) is 20.3 Å². The van der Waals surface area contributed by atoms with Crippen molar-refractivity contribution in [3.8, 4) is 11.4 Å². The summed E-state index contributed by atoms with van der Waals surface area (Å²) in [6.45, 7) is 1.72. The molecular formula is C14H15F2N5. The highest BCUT2D eigenvalue weighted by Gasteiger charge is 2.19. The van der Waals surface area contributed by atoms with E-state index >= 15 is 0 Å². The summed E-state index contributed by atoms with van der Waals surface area (Å²) in [4.78, 5) is 14.7. The van der Waals surface area contributed by atoms with E-state index in [1.165, 1.54) is 0 Å². The summed E-state index contributed by atoms with van der Waals surface area (Å²) in [7, 11) is 1.68. The van der Waals surface area contributed by atoms with Crippen molar-refractivity contribution >= 4 is 11.9 Å². The topological polar surface area (TPSA) is 53.9 Å². The molecule has 1 saturated heterocycles. The maximum Gasteiger partial charge on any atom is 0.230 e. The van der Waals surface area contributed by atoms with E-state index in [1.54, 1.807) is 7.05 Å². The lowest BCUT2D eigenvalue weighted by molar-refractivity contribution is 0.602. The predicted molar refractivity (Wildman–Crippen MR) is 76.2 cm³/mol. The summed E-state index contributed by atoms with van der Waals surface area (Å²) in [6.07, 6.45) is 2.15. The van der Waals surface area contributed by atoms with E-state index in [9.17, 15) is 8.78 Å². The first kappa shape index (κ1) is 13.7. The minimum Gasteiger partial charge on any atom is -0.357 e. The number of hydrogen-bond donors (Lipinski definition) is 1. The van der Waals surface area contributed by atoms with Gasteiger partial charge in [0.2, 0.25) is 11.9 Å². The lowest BCUT2D eigenvalue weighted by atomic mass is 10.2. The molecule has 1 N–H and O–H groups in total. The SMILES string of the molecule is CNc1nc(-c2cc(F)ccc2F)nc(N2CCCC2)n1. The van der Waals surface area contributed by atoms with Crippen molar-refractivity contribution in [2.24, 2.45) is 0 Å². The highest BCUT2D eigenvalue weighted by atomic mass is 19.1. The summed E-state index contributed by atoms with van der Waals surface area (Å²) >= 11 is 0. The number of anilines is 2. The first-order valence-corrected chi connectivity index (χ1v) is 6.81. The Labute approximate surface area is 121 Å². The molecule has 0 radical (unpaired) electrons. The average Bonchev–Trinajstić information content (AvgIpc) is 3.03. The molecule has 1 aromatic heterocycles. The number of benzene rings is 1. The average molecular weight is 291 g/mol. The molecule has 2 heterocycles. The summed E-state index contributed by atoms with van der Waals surface area (Å²) in [5.74, 6) is -0.123. The molecule has 0 spiro atoms. The summed E-state index contributed by atoms with van der Waals surface area (Å²) in [6, 6.07) is 3.24. The second-order valence-electron chi connectivity index (χ2n) is 4.85. The van der Waals surface area contributed by atoms with E-state index in [4.69, 9.17) is 0 Å². The van der Waals surface area contributed by atoms with Crippen LogP contribution in [0.25, 0.3) is 11.4 Å². The second-order valence-corrected chi connectivity index (χ2v) is 4.85. The molecule has 21 heavy (non-hydrogen) atoms. The van der Waals surface area contributed by atoms with Gasteiger partial charge in [-0.05, 0) is 31.0 Å². The zero-order valence-corrected chi connectivity index (χ0v) is 11.6. The zero-order chi connectivity index (χ0) is 14.8. The fraction of sp³-hybridized carbons (Fsp3) is 0.357. The number of nitrogens with zero attached hydrogens (tertiary/aromatic N) is 4. The number of nitrogens with one attached hydrogen (secondary N) is 1. The molecule has 0 unspecified atom stereocenters. The van der Waals surface area contributed by atoms with Crippen LogP contribution in [0, 0.1) is 11.6 Å². The Bertz CT molecular complexity index is 656. The molecule has 1 aliphatic heterocycles. The molecule has 0 saturated carbocycles. The predicted octanol–water partition coefficient (Wildman–Crippen LogP) is 2.46. The third kappa shape index (κ3) is 2.76. The van der Waals surface area contributed by atoms with Gasteiger partial charge in [-0.2, -0.15) is 15.0 Å². The quantitative estimate of drug-likeness (QED) is 0.941. The van der Waals surface area contributed by atoms with Crippen LogP contribution in [0.5, 0.6) is 0 Å². The van der Waals surface area contributed by atoms with Crippen molar-refractivity contribution in [2.45, 2.75) is 12.8 Å². The number of hydrogen-bond acceptors (Lipinski definition) is 5. The molecule has 0 atom stereocenters. The third-order valence-corrected chi connectivity index (χ3v) is 3.41. The lowest BCUT2D eigenvalue weighted by Gasteiger charge is -2.16. The van der Waals surface area contributed by atoms with Crippen LogP contribution < -0.4 is 10.2 Å². The first-order valence-electron chi connectivity index (χ1n) is 6.81. The maximum atomic E-state index is 13.9. The van der Waals surface area contributed by atoms with E-state index in [0.717, 1.165) is 44.1 Å². The van der Waals surface area contributed by atoms with Gasteiger partial charge in [0.05, 0.1) is 5.56 Å². The summed E-state index contributed by atoms with van der Waals surface area (Å²) in [5, 5.41) is 2.83. The number of halogens is 2. The molecule has 1 fully saturated rings. The van der Waals surface area contributed by atoms with Gasteiger partial charge in [-0.1, -0.05) is 0 Å². The smallest absolute Gasteiger partial charge is 0.230 e. The van der Waals surface area contributed by atoms with Crippen molar-refractivity contribution in [3.63, 3.8) is 0 Å². The monoisotopic (exact) mass is 291 g/mol. The van der Waals surface area contributed by atoms with E-state index in [1.807, 2.05) is 4.90 Å². The molecule has 0 aliphatic carbocycles. The van der Waals surface area contributed by atoms with Gasteiger partial charge in [0.25, 0.3) is 0 Å². The van der Waals surface area contributed by atoms with Crippen LogP contribution in [0.4, 0.5) is 20.7 Å². The van der Waals surface area contributed by atoms with Crippen molar-refractivity contribution < 1.29 is 8.78 Å². The largest absolute Gasteiger partial charge is 0.357 e. The standard InChI is InChI=1S/C14H15F2N5/c1-17-13-18-12(10-8-9(15)4-5-11(10)16)19-14(20-13)21-6-2-3-7-21/h4-5,8H,2-3,6-7H2,1H3,(H,17,18,19,20). The van der Waals surface area contributed by atoms with Crippen molar-refractivity contribution in [2.75, 3.05) is 30.4 Å². The van der Waals surface area contributed by atoms with Gasteiger partial charge in [0.15, 0.2) is 5.82 Å². The summed E-state index contributed by atoms with van der Waals surface area (Å²) in [5.41, 5.74) is 0.0364. The normalized spacial score (nSPS) is 14.5. The molecule has 1 aliphatic rings. The van der Waals surface area contributed by atoms with Gasteiger partial charge >= 0.3 is 0 Å². The Balaban J connectivity index is 2.08. The molecule has 0 bridgehead atoms. The van der Waals surface area contributed by atoms with Crippen LogP contribution >= 0.6 is 0 Å². The molecule has 3 rings (SSSR count). The van der Waals surface area contributed by atoms with Crippen LogP contribution in [0.15, 0.2) is 18.2 Å². The fourth-order valence-electron chi connectivity index (χ4n) is 2.32. The third-order valence-electron chi connectivity index (χ3n) is 3.41. The summed E-state index contributed by atoms with van der Waals surface area (Å²) < 4.78 is 27.3. The Kier molecular flexibility index (Phi) is 3.64. The van der Waals surface area contributed by atoms with Crippen LogP contribution in [0.1, 0.15) is 12.8 Å². The molecule has 5 nitrogen and oxygen atoms in total. The maximum absolute atomic E-state index is 13.9. The number of rotatable bonds is 3. The number of aromatic nitrogens is 3. The van der Waals surface area contributed by atoms with Gasteiger partial charge in [0.1, 0.15) is 11.6 Å². The fourth-order valence-corrected chi connectivity index (χ4v) is 2.32. The van der Waals surface area contributed by atoms with Crippen LogP contribution in [0.2, 0.25) is 0 Å². The highest BCUT2D eigenvalue weighted by Crippen LogP contribution is 2.24. The van der Waals surface area contributed by atoms with Gasteiger partial charge in [-0.15, -0.1) is 0 Å². The molecule has 1 aromatic carbocycles. The van der Waals surface area contributed by atoms with Crippen LogP contribution in [-0.4, -0.2) is 35.1 Å². The Morgan fingerprint density at radius 2 is 1.86 bits per heavy atom. The van der Waals surface area contributed by atoms with Gasteiger partial charge < -0.3 is 10.2 Å². The molecule has 110 valence electrons. The van der Waals surface area contributed by atoms with E-state index in [0.29, 0.717) is 11.9 Å². The molecular weight excluding hydrogens is 276 g/mol. The van der Waals surface area contributed by atoms with Crippen molar-refractivity contribution in [3.05, 3.63) is 29.8 Å². The Hall–Kier alpha value is -2.31. The minimum atomic E-state index is -0.558. The minimum absolute atomic E-state index is 0.0364. The van der Waals surface area contributed by atoms with Gasteiger partial charge in [-0.3, -0.25) is 0 Å². The first-order chi connectivity index (χ1) is 10.2. The Morgan fingerprint density at radius 3 is 2.57 bits per heavy atom. The van der Waals surface area contributed by atoms with Gasteiger partial charge in [-0.25, -0.2) is 8.78 Å². The highest BCUT2D eigenvalue weighted by molar-refractivity contribution is 5.59. The lowest BCUT2D eigenvalue weighted by Crippen LogP contribution is -2.21. The molecule has 2 aromatic rings. The van der Waals surface area contributed by atoms with Crippen LogP contribution in [-0.2, 0) is 0 Å². The second kappa shape index (κ2) is 5.59. The molecule has 0 amide bonds. The molecule has 7 heteroatoms. The van der Waals surface area contributed by atoms with Crippen molar-refractivity contribution in [1.29, 1.82) is 0 Å². The van der Waals surface area contributed by atoms with Crippen molar-refractivity contribution in [1.82, 2.24) is 15.0 Å². The van der Waals surface area contributed by atoms with Crippen LogP contribution in [0.3, 0.4) is 0 Å².